The molecule has 1 atom stereocenters. The fraction of sp³-hybridized carbons (Fsp3) is 0.267. The summed E-state index contributed by atoms with van der Waals surface area (Å²) in [5, 5.41) is 3.35. The number of halogens is 1. The first-order chi connectivity index (χ1) is 9.24. The SMILES string of the molecule is CCNC(c1cccc(OC)c1)c1ccc(F)cn1. The summed E-state index contributed by atoms with van der Waals surface area (Å²) < 4.78 is 18.2. The molecule has 0 aliphatic heterocycles. The molecule has 1 aromatic carbocycles. The third kappa shape index (κ3) is 3.29. The highest BCUT2D eigenvalue weighted by molar-refractivity contribution is 5.34. The van der Waals surface area contributed by atoms with Crippen LogP contribution >= 0.6 is 0 Å². The van der Waals surface area contributed by atoms with E-state index in [-0.39, 0.29) is 11.9 Å². The van der Waals surface area contributed by atoms with E-state index in [0.29, 0.717) is 0 Å². The number of hydrogen-bond acceptors (Lipinski definition) is 3. The molecule has 0 aliphatic carbocycles. The van der Waals surface area contributed by atoms with Crippen molar-refractivity contribution >= 4 is 0 Å². The van der Waals surface area contributed by atoms with E-state index in [1.165, 1.54) is 12.3 Å². The lowest BCUT2D eigenvalue weighted by Crippen LogP contribution is -2.23. The quantitative estimate of drug-likeness (QED) is 0.897. The number of nitrogens with zero attached hydrogens (tertiary/aromatic N) is 1. The highest BCUT2D eigenvalue weighted by Crippen LogP contribution is 2.23. The van der Waals surface area contributed by atoms with Gasteiger partial charge in [0.15, 0.2) is 0 Å². The summed E-state index contributed by atoms with van der Waals surface area (Å²) in [6.45, 7) is 2.82. The fourth-order valence-corrected chi connectivity index (χ4v) is 1.98. The zero-order valence-electron chi connectivity index (χ0n) is 11.1. The van der Waals surface area contributed by atoms with Crippen LogP contribution in [0.25, 0.3) is 0 Å². The first-order valence-electron chi connectivity index (χ1n) is 6.23. The Labute approximate surface area is 112 Å². The van der Waals surface area contributed by atoms with Crippen LogP contribution in [0.1, 0.15) is 24.2 Å². The van der Waals surface area contributed by atoms with Crippen LogP contribution < -0.4 is 10.1 Å². The molecule has 19 heavy (non-hydrogen) atoms. The molecule has 0 aliphatic rings. The van der Waals surface area contributed by atoms with Crippen LogP contribution in [0.5, 0.6) is 5.75 Å². The van der Waals surface area contributed by atoms with Gasteiger partial charge in [0.1, 0.15) is 11.6 Å². The lowest BCUT2D eigenvalue weighted by atomic mass is 10.0. The number of ether oxygens (including phenoxy) is 1. The summed E-state index contributed by atoms with van der Waals surface area (Å²) in [5.41, 5.74) is 1.83. The van der Waals surface area contributed by atoms with Gasteiger partial charge in [0, 0.05) is 0 Å². The van der Waals surface area contributed by atoms with Gasteiger partial charge in [0.2, 0.25) is 0 Å². The molecular weight excluding hydrogens is 243 g/mol. The predicted molar refractivity (Wildman–Crippen MR) is 72.7 cm³/mol. The van der Waals surface area contributed by atoms with Crippen LogP contribution in [0.2, 0.25) is 0 Å². The van der Waals surface area contributed by atoms with Gasteiger partial charge in [-0.25, -0.2) is 4.39 Å². The maximum Gasteiger partial charge on any atom is 0.141 e. The summed E-state index contributed by atoms with van der Waals surface area (Å²) in [6.07, 6.45) is 1.24. The number of hydrogen-bond donors (Lipinski definition) is 1. The van der Waals surface area contributed by atoms with Crippen molar-refractivity contribution in [2.24, 2.45) is 0 Å². The molecule has 0 radical (unpaired) electrons. The fourth-order valence-electron chi connectivity index (χ4n) is 1.98. The van der Waals surface area contributed by atoms with Gasteiger partial charge >= 0.3 is 0 Å². The van der Waals surface area contributed by atoms with Crippen molar-refractivity contribution in [3.8, 4) is 5.75 Å². The smallest absolute Gasteiger partial charge is 0.141 e. The minimum absolute atomic E-state index is 0.0688. The Morgan fingerprint density at radius 2 is 2.16 bits per heavy atom. The summed E-state index contributed by atoms with van der Waals surface area (Å²) in [7, 11) is 1.64. The number of benzene rings is 1. The molecule has 2 rings (SSSR count). The second kappa shape index (κ2) is 6.29. The molecule has 0 saturated carbocycles. The number of rotatable bonds is 5. The van der Waals surface area contributed by atoms with Gasteiger partial charge in [-0.2, -0.15) is 0 Å². The Balaban J connectivity index is 2.35. The van der Waals surface area contributed by atoms with Gasteiger partial charge in [-0.05, 0) is 36.4 Å². The molecule has 4 heteroatoms. The van der Waals surface area contributed by atoms with E-state index in [1.54, 1.807) is 13.2 Å². The van der Waals surface area contributed by atoms with Crippen LogP contribution in [0.15, 0.2) is 42.6 Å². The van der Waals surface area contributed by atoms with E-state index in [4.69, 9.17) is 4.74 Å². The summed E-state index contributed by atoms with van der Waals surface area (Å²) >= 11 is 0. The molecule has 0 spiro atoms. The number of aromatic nitrogens is 1. The molecule has 0 saturated heterocycles. The molecule has 1 heterocycles. The van der Waals surface area contributed by atoms with E-state index in [9.17, 15) is 4.39 Å². The molecule has 1 unspecified atom stereocenters. The topological polar surface area (TPSA) is 34.1 Å². The van der Waals surface area contributed by atoms with Crippen molar-refractivity contribution in [3.63, 3.8) is 0 Å². The van der Waals surface area contributed by atoms with Gasteiger partial charge in [-0.15, -0.1) is 0 Å². The Hall–Kier alpha value is -1.94. The Morgan fingerprint density at radius 1 is 1.32 bits per heavy atom. The number of methoxy groups -OCH3 is 1. The average Bonchev–Trinajstić information content (AvgIpc) is 2.46. The largest absolute Gasteiger partial charge is 0.497 e. The minimum Gasteiger partial charge on any atom is -0.497 e. The molecule has 100 valence electrons. The molecule has 1 N–H and O–H groups in total. The summed E-state index contributed by atoms with van der Waals surface area (Å²) in [4.78, 5) is 4.15. The third-order valence-electron chi connectivity index (χ3n) is 2.88. The van der Waals surface area contributed by atoms with Crippen LogP contribution in [-0.2, 0) is 0 Å². The van der Waals surface area contributed by atoms with Crippen molar-refractivity contribution in [2.45, 2.75) is 13.0 Å². The second-order valence-electron chi connectivity index (χ2n) is 4.17. The molecule has 3 nitrogen and oxygen atoms in total. The van der Waals surface area contributed by atoms with Gasteiger partial charge < -0.3 is 10.1 Å². The summed E-state index contributed by atoms with van der Waals surface area (Å²) in [5.74, 6) is 0.465. The number of pyridine rings is 1. The molecule has 0 fully saturated rings. The van der Waals surface area contributed by atoms with Crippen molar-refractivity contribution in [1.82, 2.24) is 10.3 Å². The van der Waals surface area contributed by atoms with Gasteiger partial charge in [-0.1, -0.05) is 19.1 Å². The van der Waals surface area contributed by atoms with Gasteiger partial charge in [0.25, 0.3) is 0 Å². The normalized spacial score (nSPS) is 12.2. The zero-order chi connectivity index (χ0) is 13.7. The predicted octanol–water partition coefficient (Wildman–Crippen LogP) is 2.93. The van der Waals surface area contributed by atoms with E-state index >= 15 is 0 Å². The highest BCUT2D eigenvalue weighted by Gasteiger charge is 2.14. The van der Waals surface area contributed by atoms with Crippen LogP contribution in [0.4, 0.5) is 4.39 Å². The lowest BCUT2D eigenvalue weighted by molar-refractivity contribution is 0.413. The lowest BCUT2D eigenvalue weighted by Gasteiger charge is -2.18. The first kappa shape index (κ1) is 13.5. The van der Waals surface area contributed by atoms with Gasteiger partial charge in [0.05, 0.1) is 25.0 Å². The second-order valence-corrected chi connectivity index (χ2v) is 4.17. The molecule has 0 bridgehead atoms. The minimum atomic E-state index is -0.329. The number of nitrogens with one attached hydrogen (secondary N) is 1. The van der Waals surface area contributed by atoms with E-state index in [2.05, 4.69) is 10.3 Å². The van der Waals surface area contributed by atoms with E-state index < -0.39 is 0 Å². The molecule has 0 amide bonds. The van der Waals surface area contributed by atoms with Gasteiger partial charge in [-0.3, -0.25) is 4.98 Å². The van der Waals surface area contributed by atoms with Crippen molar-refractivity contribution in [3.05, 3.63) is 59.7 Å². The molecule has 2 aromatic rings. The summed E-state index contributed by atoms with van der Waals surface area (Å²) in [6, 6.07) is 10.8. The van der Waals surface area contributed by atoms with Crippen molar-refractivity contribution in [1.29, 1.82) is 0 Å². The molecular formula is C15H17FN2O. The van der Waals surface area contributed by atoms with Crippen LogP contribution in [0.3, 0.4) is 0 Å². The zero-order valence-corrected chi connectivity index (χ0v) is 11.1. The Kier molecular flexibility index (Phi) is 4.47. The standard InChI is InChI=1S/C15H17FN2O/c1-3-17-15(14-8-7-12(16)10-18-14)11-5-4-6-13(9-11)19-2/h4-10,15,17H,3H2,1-2H3. The van der Waals surface area contributed by atoms with Crippen molar-refractivity contribution < 1.29 is 9.13 Å². The van der Waals surface area contributed by atoms with E-state index in [1.807, 2.05) is 31.2 Å². The van der Waals surface area contributed by atoms with E-state index in [0.717, 1.165) is 23.6 Å². The van der Waals surface area contributed by atoms with Crippen molar-refractivity contribution in [2.75, 3.05) is 13.7 Å². The average molecular weight is 260 g/mol. The Bertz CT molecular complexity index is 528. The molecule has 1 aromatic heterocycles. The Morgan fingerprint density at radius 3 is 2.79 bits per heavy atom. The van der Waals surface area contributed by atoms with Crippen LogP contribution in [0, 0.1) is 5.82 Å². The maximum atomic E-state index is 13.0. The monoisotopic (exact) mass is 260 g/mol. The van der Waals surface area contributed by atoms with Crippen LogP contribution in [-0.4, -0.2) is 18.6 Å². The third-order valence-corrected chi connectivity index (χ3v) is 2.88. The maximum absolute atomic E-state index is 13.0. The highest BCUT2D eigenvalue weighted by atomic mass is 19.1. The first-order valence-corrected chi connectivity index (χ1v) is 6.23.